The fourth-order valence-corrected chi connectivity index (χ4v) is 4.28. The van der Waals surface area contributed by atoms with Crippen LogP contribution in [0.1, 0.15) is 44.0 Å². The molecule has 4 aromatic rings. The predicted octanol–water partition coefficient (Wildman–Crippen LogP) is 5.66. The van der Waals surface area contributed by atoms with Gasteiger partial charge in [-0.15, -0.1) is 0 Å². The molecule has 0 fully saturated rings. The maximum Gasteiger partial charge on any atom is 0.225 e. The van der Waals surface area contributed by atoms with Crippen molar-refractivity contribution in [1.82, 2.24) is 14.8 Å². The number of aromatic nitrogens is 3. The van der Waals surface area contributed by atoms with Gasteiger partial charge in [-0.3, -0.25) is 4.79 Å². The summed E-state index contributed by atoms with van der Waals surface area (Å²) in [6.07, 6.45) is 1.12. The van der Waals surface area contributed by atoms with Crippen molar-refractivity contribution in [3.8, 4) is 5.13 Å². The van der Waals surface area contributed by atoms with Crippen molar-refractivity contribution < 1.29 is 4.79 Å². The van der Waals surface area contributed by atoms with Gasteiger partial charge in [0, 0.05) is 12.5 Å². The Balaban J connectivity index is 1.56. The fraction of sp³-hybridized carbons (Fsp3) is 0.292. The van der Waals surface area contributed by atoms with Crippen LogP contribution >= 0.6 is 11.3 Å². The molecule has 5 nitrogen and oxygen atoms in total. The Morgan fingerprint density at radius 3 is 2.60 bits per heavy atom. The molecule has 0 aliphatic rings. The molecule has 0 spiro atoms. The maximum atomic E-state index is 12.5. The van der Waals surface area contributed by atoms with Crippen LogP contribution in [0.25, 0.3) is 15.3 Å². The minimum absolute atomic E-state index is 0.0314. The lowest BCUT2D eigenvalue weighted by Gasteiger charge is -2.18. The summed E-state index contributed by atoms with van der Waals surface area (Å²) in [7, 11) is 0. The molecule has 4 rings (SSSR count). The lowest BCUT2D eigenvalue weighted by atomic mass is 9.87. The summed E-state index contributed by atoms with van der Waals surface area (Å²) in [5, 5.41) is 8.33. The highest BCUT2D eigenvalue weighted by atomic mass is 32.1. The number of carbonyl (C=O) groups is 1. The molecule has 0 saturated carbocycles. The van der Waals surface area contributed by atoms with Gasteiger partial charge < -0.3 is 5.32 Å². The number of aryl methyl sites for hydroxylation is 2. The number of hydrogen-bond donors (Lipinski definition) is 1. The summed E-state index contributed by atoms with van der Waals surface area (Å²) < 4.78 is 2.85. The summed E-state index contributed by atoms with van der Waals surface area (Å²) in [5.41, 5.74) is 4.29. The van der Waals surface area contributed by atoms with Crippen molar-refractivity contribution in [3.05, 3.63) is 71.4 Å². The molecule has 30 heavy (non-hydrogen) atoms. The van der Waals surface area contributed by atoms with Gasteiger partial charge >= 0.3 is 0 Å². The lowest BCUT2D eigenvalue weighted by molar-refractivity contribution is -0.116. The first-order valence-electron chi connectivity index (χ1n) is 10.1. The van der Waals surface area contributed by atoms with E-state index in [1.54, 1.807) is 16.0 Å². The number of benzene rings is 2. The van der Waals surface area contributed by atoms with Gasteiger partial charge in [-0.2, -0.15) is 9.78 Å². The number of rotatable bonds is 5. The largest absolute Gasteiger partial charge is 0.310 e. The van der Waals surface area contributed by atoms with Crippen LogP contribution in [0.2, 0.25) is 0 Å². The molecule has 0 atom stereocenters. The second-order valence-corrected chi connectivity index (χ2v) is 9.55. The third-order valence-corrected chi connectivity index (χ3v) is 6.00. The summed E-state index contributed by atoms with van der Waals surface area (Å²) in [6, 6.07) is 18.3. The molecule has 0 aliphatic heterocycles. The van der Waals surface area contributed by atoms with Crippen molar-refractivity contribution in [3.63, 3.8) is 0 Å². The highest BCUT2D eigenvalue weighted by molar-refractivity contribution is 7.20. The molecule has 1 N–H and O–H groups in total. The molecule has 0 aliphatic carbocycles. The van der Waals surface area contributed by atoms with E-state index in [0.29, 0.717) is 18.7 Å². The molecule has 0 unspecified atom stereocenters. The average Bonchev–Trinajstić information content (AvgIpc) is 3.28. The van der Waals surface area contributed by atoms with Crippen LogP contribution < -0.4 is 5.32 Å². The number of fused-ring (bicyclic) bond motifs is 1. The number of thiazole rings is 1. The van der Waals surface area contributed by atoms with E-state index >= 15 is 0 Å². The van der Waals surface area contributed by atoms with Gasteiger partial charge in [-0.1, -0.05) is 68.5 Å². The Hall–Kier alpha value is -2.99. The van der Waals surface area contributed by atoms with E-state index in [1.165, 1.54) is 5.56 Å². The third kappa shape index (κ3) is 4.44. The molecule has 6 heteroatoms. The molecule has 2 aromatic heterocycles. The highest BCUT2D eigenvalue weighted by Gasteiger charge is 2.17. The first kappa shape index (κ1) is 20.3. The molecule has 0 saturated heterocycles. The summed E-state index contributed by atoms with van der Waals surface area (Å²) in [4.78, 5) is 17.3. The Morgan fingerprint density at radius 2 is 1.87 bits per heavy atom. The molecule has 1 amide bonds. The van der Waals surface area contributed by atoms with Crippen molar-refractivity contribution >= 4 is 33.3 Å². The number of carbonyl (C=O) groups excluding carboxylic acids is 1. The van der Waals surface area contributed by atoms with E-state index < -0.39 is 0 Å². The Kier molecular flexibility index (Phi) is 5.43. The van der Waals surface area contributed by atoms with Gasteiger partial charge in [0.1, 0.15) is 5.82 Å². The van der Waals surface area contributed by atoms with Gasteiger partial charge in [0.2, 0.25) is 11.0 Å². The van der Waals surface area contributed by atoms with Crippen LogP contribution in [0.4, 0.5) is 5.82 Å². The minimum Gasteiger partial charge on any atom is -0.310 e. The summed E-state index contributed by atoms with van der Waals surface area (Å²) >= 11 is 1.58. The average molecular weight is 419 g/mol. The van der Waals surface area contributed by atoms with Gasteiger partial charge in [-0.05, 0) is 42.0 Å². The monoisotopic (exact) mass is 418 g/mol. The Morgan fingerprint density at radius 1 is 1.10 bits per heavy atom. The quantitative estimate of drug-likeness (QED) is 0.455. The standard InChI is InChI=1S/C24H26N4OS/c1-16-14-21(26-22(29)13-10-17-8-6-5-7-9-17)28(27-16)23-25-19-12-11-18(24(2,3)4)15-20(19)30-23/h5-9,11-12,14-15H,10,13H2,1-4H3,(H,26,29). The second kappa shape index (κ2) is 8.03. The van der Waals surface area contributed by atoms with Crippen LogP contribution in [0.15, 0.2) is 54.6 Å². The van der Waals surface area contributed by atoms with E-state index in [1.807, 2.05) is 43.3 Å². The first-order valence-corrected chi connectivity index (χ1v) is 10.9. The van der Waals surface area contributed by atoms with Gasteiger partial charge in [0.15, 0.2) is 0 Å². The maximum absolute atomic E-state index is 12.5. The molecule has 154 valence electrons. The van der Waals surface area contributed by atoms with Crippen molar-refractivity contribution in [2.45, 2.75) is 46.0 Å². The molecule has 0 radical (unpaired) electrons. The van der Waals surface area contributed by atoms with Crippen LogP contribution in [0.5, 0.6) is 0 Å². The van der Waals surface area contributed by atoms with E-state index in [9.17, 15) is 4.79 Å². The van der Waals surface area contributed by atoms with Crippen LogP contribution in [-0.2, 0) is 16.6 Å². The van der Waals surface area contributed by atoms with Crippen molar-refractivity contribution in [2.75, 3.05) is 5.32 Å². The SMILES string of the molecule is Cc1cc(NC(=O)CCc2ccccc2)n(-c2nc3ccc(C(C)(C)C)cc3s2)n1. The fourth-order valence-electron chi connectivity index (χ4n) is 3.31. The normalized spacial score (nSPS) is 11.7. The van der Waals surface area contributed by atoms with Crippen LogP contribution in [0.3, 0.4) is 0 Å². The second-order valence-electron chi connectivity index (χ2n) is 8.55. The van der Waals surface area contributed by atoms with Gasteiger partial charge in [0.05, 0.1) is 15.9 Å². The van der Waals surface area contributed by atoms with E-state index in [-0.39, 0.29) is 11.3 Å². The van der Waals surface area contributed by atoms with E-state index in [4.69, 9.17) is 4.98 Å². The topological polar surface area (TPSA) is 59.8 Å². The zero-order valence-electron chi connectivity index (χ0n) is 17.8. The van der Waals surface area contributed by atoms with Gasteiger partial charge in [-0.25, -0.2) is 4.98 Å². The molecular formula is C24H26N4OS. The minimum atomic E-state index is -0.0314. The first-order chi connectivity index (χ1) is 14.3. The summed E-state index contributed by atoms with van der Waals surface area (Å²) in [6.45, 7) is 8.53. The zero-order valence-corrected chi connectivity index (χ0v) is 18.6. The smallest absolute Gasteiger partial charge is 0.225 e. The van der Waals surface area contributed by atoms with Crippen LogP contribution in [0, 0.1) is 6.92 Å². The molecule has 2 heterocycles. The molecule has 0 bridgehead atoms. The van der Waals surface area contributed by atoms with Crippen molar-refractivity contribution in [1.29, 1.82) is 0 Å². The number of nitrogens with one attached hydrogen (secondary N) is 1. The van der Waals surface area contributed by atoms with Crippen LogP contribution in [-0.4, -0.2) is 20.7 Å². The number of hydrogen-bond acceptors (Lipinski definition) is 4. The number of nitrogens with zero attached hydrogens (tertiary/aromatic N) is 3. The number of anilines is 1. The Bertz CT molecular complexity index is 1190. The van der Waals surface area contributed by atoms with Crippen molar-refractivity contribution in [2.24, 2.45) is 0 Å². The molecule has 2 aromatic carbocycles. The lowest BCUT2D eigenvalue weighted by Crippen LogP contribution is -2.15. The summed E-state index contributed by atoms with van der Waals surface area (Å²) in [5.74, 6) is 0.622. The third-order valence-electron chi connectivity index (χ3n) is 5.01. The zero-order chi connectivity index (χ0) is 21.3. The Labute approximate surface area is 180 Å². The predicted molar refractivity (Wildman–Crippen MR) is 124 cm³/mol. The highest BCUT2D eigenvalue weighted by Crippen LogP contribution is 2.31. The van der Waals surface area contributed by atoms with E-state index in [2.05, 4.69) is 49.4 Å². The number of amides is 1. The van der Waals surface area contributed by atoms with Gasteiger partial charge in [0.25, 0.3) is 0 Å². The van der Waals surface area contributed by atoms with E-state index in [0.717, 1.165) is 26.6 Å². The molecular weight excluding hydrogens is 392 g/mol.